The third-order valence-electron chi connectivity index (χ3n) is 0.796. The van der Waals surface area contributed by atoms with Crippen LogP contribution in [0.2, 0.25) is 0 Å². The second kappa shape index (κ2) is 17.3. The largest absolute Gasteiger partial charge is 0.0988 e. The van der Waals surface area contributed by atoms with E-state index in [1.54, 1.807) is 0 Å². The Morgan fingerprint density at radius 2 is 1.46 bits per heavy atom. The minimum atomic E-state index is 1.07. The van der Waals surface area contributed by atoms with Gasteiger partial charge in [0.15, 0.2) is 0 Å². The number of rotatable bonds is 2. The van der Waals surface area contributed by atoms with Crippen LogP contribution < -0.4 is 0 Å². The van der Waals surface area contributed by atoms with E-state index in [-0.39, 0.29) is 0 Å². The Morgan fingerprint density at radius 3 is 1.54 bits per heavy atom. The van der Waals surface area contributed by atoms with Crippen molar-refractivity contribution in [1.29, 1.82) is 0 Å². The standard InChI is InChI=1S/C8H12.C3H8.C2H6/c1-5-8(4)6-7(2)3;1-3-2;1-2/h5-6H,1-2H2,3-4H3;3H2,1-2H3;1-2H3/b8-6-;;. The van der Waals surface area contributed by atoms with Crippen LogP contribution in [-0.4, -0.2) is 0 Å². The second-order valence-electron chi connectivity index (χ2n) is 2.65. The number of hydrogen-bond donors (Lipinski definition) is 0. The number of allylic oxidation sites excluding steroid dienone is 4. The summed E-state index contributed by atoms with van der Waals surface area (Å²) in [4.78, 5) is 0. The van der Waals surface area contributed by atoms with E-state index in [9.17, 15) is 0 Å². The Kier molecular flexibility index (Phi) is 24.1. The molecule has 0 amide bonds. The van der Waals surface area contributed by atoms with Crippen LogP contribution in [0.1, 0.15) is 48.0 Å². The third kappa shape index (κ3) is 35.0. The normalized spacial score (nSPS) is 8.62. The summed E-state index contributed by atoms with van der Waals surface area (Å²) in [6.45, 7) is 19.5. The summed E-state index contributed by atoms with van der Waals surface area (Å²) in [5.74, 6) is 0. The van der Waals surface area contributed by atoms with Crippen LogP contribution in [0.25, 0.3) is 0 Å². The van der Waals surface area contributed by atoms with Crippen molar-refractivity contribution in [1.82, 2.24) is 0 Å². The molecular formula is C13H26. The van der Waals surface area contributed by atoms with Gasteiger partial charge in [-0.2, -0.15) is 0 Å². The van der Waals surface area contributed by atoms with Crippen LogP contribution in [0.5, 0.6) is 0 Å². The molecule has 0 aromatic carbocycles. The first-order chi connectivity index (χ1) is 6.08. The van der Waals surface area contributed by atoms with Crippen LogP contribution in [0.4, 0.5) is 0 Å². The molecule has 0 heteroatoms. The lowest BCUT2D eigenvalue weighted by molar-refractivity contribution is 1.09. The summed E-state index contributed by atoms with van der Waals surface area (Å²) >= 11 is 0. The average Bonchev–Trinajstić information content (AvgIpc) is 2.08. The fourth-order valence-electron chi connectivity index (χ4n) is 0.448. The average molecular weight is 182 g/mol. The maximum absolute atomic E-state index is 3.72. The molecule has 0 bridgehead atoms. The lowest BCUT2D eigenvalue weighted by atomic mass is 10.2. The van der Waals surface area contributed by atoms with Gasteiger partial charge in [0.05, 0.1) is 0 Å². The highest BCUT2D eigenvalue weighted by Crippen LogP contribution is 1.97. The van der Waals surface area contributed by atoms with Crippen LogP contribution in [-0.2, 0) is 0 Å². The van der Waals surface area contributed by atoms with Gasteiger partial charge in [-0.3, -0.25) is 0 Å². The van der Waals surface area contributed by atoms with Gasteiger partial charge in [0.25, 0.3) is 0 Å². The Balaban J connectivity index is -0.000000169. The molecule has 13 heavy (non-hydrogen) atoms. The summed E-state index contributed by atoms with van der Waals surface area (Å²) < 4.78 is 0. The Bertz CT molecular complexity index is 138. The zero-order valence-corrected chi connectivity index (χ0v) is 10.3. The fourth-order valence-corrected chi connectivity index (χ4v) is 0.448. The Morgan fingerprint density at radius 1 is 1.15 bits per heavy atom. The number of hydrogen-bond acceptors (Lipinski definition) is 0. The molecular weight excluding hydrogens is 156 g/mol. The van der Waals surface area contributed by atoms with Gasteiger partial charge in [-0.05, 0) is 13.8 Å². The van der Waals surface area contributed by atoms with Crippen molar-refractivity contribution < 1.29 is 0 Å². The van der Waals surface area contributed by atoms with Gasteiger partial charge in [0, 0.05) is 0 Å². The molecule has 0 saturated carbocycles. The first kappa shape index (κ1) is 18.1. The van der Waals surface area contributed by atoms with E-state index in [0.29, 0.717) is 0 Å². The minimum Gasteiger partial charge on any atom is -0.0988 e. The summed E-state index contributed by atoms with van der Waals surface area (Å²) in [6, 6.07) is 0. The van der Waals surface area contributed by atoms with Crippen LogP contribution in [0.15, 0.2) is 36.5 Å². The van der Waals surface area contributed by atoms with Gasteiger partial charge in [0.1, 0.15) is 0 Å². The zero-order valence-electron chi connectivity index (χ0n) is 10.3. The van der Waals surface area contributed by atoms with E-state index in [4.69, 9.17) is 0 Å². The monoisotopic (exact) mass is 182 g/mol. The van der Waals surface area contributed by atoms with Crippen LogP contribution >= 0.6 is 0 Å². The van der Waals surface area contributed by atoms with Crippen molar-refractivity contribution >= 4 is 0 Å². The molecule has 0 rings (SSSR count). The third-order valence-corrected chi connectivity index (χ3v) is 0.796. The molecule has 0 aromatic heterocycles. The summed E-state index contributed by atoms with van der Waals surface area (Å²) in [5.41, 5.74) is 2.24. The fraction of sp³-hybridized carbons (Fsp3) is 0.538. The lowest BCUT2D eigenvalue weighted by Gasteiger charge is -1.87. The van der Waals surface area contributed by atoms with E-state index >= 15 is 0 Å². The molecule has 78 valence electrons. The van der Waals surface area contributed by atoms with Crippen molar-refractivity contribution in [2.24, 2.45) is 0 Å². The van der Waals surface area contributed by atoms with Crippen molar-refractivity contribution in [2.45, 2.75) is 48.0 Å². The first-order valence-corrected chi connectivity index (χ1v) is 5.04. The van der Waals surface area contributed by atoms with E-state index in [2.05, 4.69) is 27.0 Å². The van der Waals surface area contributed by atoms with Gasteiger partial charge in [-0.15, -0.1) is 0 Å². The first-order valence-electron chi connectivity index (χ1n) is 5.04. The van der Waals surface area contributed by atoms with Crippen LogP contribution in [0, 0.1) is 0 Å². The van der Waals surface area contributed by atoms with Crippen molar-refractivity contribution in [2.75, 3.05) is 0 Å². The van der Waals surface area contributed by atoms with E-state index < -0.39 is 0 Å². The van der Waals surface area contributed by atoms with Crippen molar-refractivity contribution in [3.63, 3.8) is 0 Å². The van der Waals surface area contributed by atoms with Gasteiger partial charge < -0.3 is 0 Å². The molecule has 0 aliphatic rings. The van der Waals surface area contributed by atoms with E-state index in [1.807, 2.05) is 39.8 Å². The maximum Gasteiger partial charge on any atom is -0.0398 e. The van der Waals surface area contributed by atoms with Crippen molar-refractivity contribution in [3.8, 4) is 0 Å². The smallest absolute Gasteiger partial charge is 0.0398 e. The molecule has 0 aromatic rings. The Hall–Kier alpha value is -0.780. The molecule has 0 heterocycles. The molecule has 0 fully saturated rings. The summed E-state index contributed by atoms with van der Waals surface area (Å²) in [6.07, 6.45) is 5.06. The molecule has 0 aliphatic heterocycles. The quantitative estimate of drug-likeness (QED) is 0.519. The van der Waals surface area contributed by atoms with Gasteiger partial charge in [0.2, 0.25) is 0 Å². The van der Waals surface area contributed by atoms with Gasteiger partial charge in [-0.1, -0.05) is 70.6 Å². The molecule has 0 aliphatic carbocycles. The summed E-state index contributed by atoms with van der Waals surface area (Å²) in [5, 5.41) is 0. The molecule has 0 N–H and O–H groups in total. The highest BCUT2D eigenvalue weighted by Gasteiger charge is 1.76. The predicted octanol–water partition coefficient (Wildman–Crippen LogP) is 5.14. The van der Waals surface area contributed by atoms with Crippen LogP contribution in [0.3, 0.4) is 0 Å². The minimum absolute atomic E-state index is 1.07. The second-order valence-corrected chi connectivity index (χ2v) is 2.65. The molecule has 0 nitrogen and oxygen atoms in total. The lowest BCUT2D eigenvalue weighted by Crippen LogP contribution is -1.66. The maximum atomic E-state index is 3.72. The summed E-state index contributed by atoms with van der Waals surface area (Å²) in [7, 11) is 0. The molecule has 0 unspecified atom stereocenters. The van der Waals surface area contributed by atoms with Gasteiger partial charge >= 0.3 is 0 Å². The predicted molar refractivity (Wildman–Crippen MR) is 66.1 cm³/mol. The molecule has 0 saturated heterocycles. The SMILES string of the molecule is C=C/C(C)=C\C(=C)C.CC.CCC. The molecule has 0 atom stereocenters. The topological polar surface area (TPSA) is 0 Å². The Labute approximate surface area is 85.1 Å². The van der Waals surface area contributed by atoms with E-state index in [1.165, 1.54) is 6.42 Å². The molecule has 0 spiro atoms. The zero-order chi connectivity index (χ0) is 11.3. The molecule has 0 radical (unpaired) electrons. The highest BCUT2D eigenvalue weighted by atomic mass is 13.8. The van der Waals surface area contributed by atoms with Crippen molar-refractivity contribution in [3.05, 3.63) is 36.5 Å². The van der Waals surface area contributed by atoms with E-state index in [0.717, 1.165) is 11.1 Å². The highest BCUT2D eigenvalue weighted by molar-refractivity contribution is 5.23. The van der Waals surface area contributed by atoms with Gasteiger partial charge in [-0.25, -0.2) is 0 Å².